The fourth-order valence-electron chi connectivity index (χ4n) is 1.80. The third-order valence-electron chi connectivity index (χ3n) is 2.92. The molecule has 1 N–H and O–H groups in total. The van der Waals surface area contributed by atoms with E-state index in [9.17, 15) is 0 Å². The smallest absolute Gasteiger partial charge is 0.257 e. The molecule has 1 aromatic carbocycles. The van der Waals surface area contributed by atoms with Crippen molar-refractivity contribution in [3.05, 3.63) is 54.2 Å². The molecular weight excluding hydrogens is 252 g/mol. The summed E-state index contributed by atoms with van der Waals surface area (Å²) in [6, 6.07) is 13.7. The minimum Gasteiger partial charge on any atom is -0.470 e. The Morgan fingerprint density at radius 3 is 2.65 bits per heavy atom. The number of pyridine rings is 1. The van der Waals surface area contributed by atoms with Gasteiger partial charge in [0.15, 0.2) is 5.75 Å². The van der Waals surface area contributed by atoms with E-state index in [1.165, 1.54) is 0 Å². The van der Waals surface area contributed by atoms with Gasteiger partial charge in [-0.15, -0.1) is 0 Å². The van der Waals surface area contributed by atoms with Gasteiger partial charge in [-0.1, -0.05) is 37.3 Å². The second-order valence-electron chi connectivity index (χ2n) is 4.38. The van der Waals surface area contributed by atoms with Crippen LogP contribution in [-0.2, 0) is 6.61 Å². The van der Waals surface area contributed by atoms with Gasteiger partial charge < -0.3 is 9.47 Å². The molecule has 20 heavy (non-hydrogen) atoms. The van der Waals surface area contributed by atoms with Gasteiger partial charge in [-0.25, -0.2) is 4.98 Å². The first-order valence-corrected chi connectivity index (χ1v) is 6.79. The van der Waals surface area contributed by atoms with Crippen molar-refractivity contribution in [2.45, 2.75) is 26.2 Å². The molecule has 0 fully saturated rings. The first-order valence-electron chi connectivity index (χ1n) is 6.79. The Morgan fingerprint density at radius 1 is 1.15 bits per heavy atom. The van der Waals surface area contributed by atoms with E-state index >= 15 is 0 Å². The predicted octanol–water partition coefficient (Wildman–Crippen LogP) is 2.99. The van der Waals surface area contributed by atoms with Crippen LogP contribution < -0.4 is 14.8 Å². The second kappa shape index (κ2) is 7.50. The number of rotatable bonds is 7. The van der Waals surface area contributed by atoms with Crippen LogP contribution in [0.2, 0.25) is 0 Å². The van der Waals surface area contributed by atoms with Crippen molar-refractivity contribution in [2.75, 3.05) is 7.05 Å². The predicted molar refractivity (Wildman–Crippen MR) is 78.8 cm³/mol. The summed E-state index contributed by atoms with van der Waals surface area (Å²) in [5.41, 5.74) is 1.10. The van der Waals surface area contributed by atoms with Crippen molar-refractivity contribution in [3.8, 4) is 11.6 Å². The maximum Gasteiger partial charge on any atom is 0.257 e. The van der Waals surface area contributed by atoms with E-state index in [1.807, 2.05) is 49.5 Å². The fraction of sp³-hybridized carbons (Fsp3) is 0.312. The van der Waals surface area contributed by atoms with Crippen LogP contribution in [0.1, 0.15) is 18.9 Å². The lowest BCUT2D eigenvalue weighted by Gasteiger charge is -2.18. The molecule has 0 aliphatic carbocycles. The summed E-state index contributed by atoms with van der Waals surface area (Å²) in [7, 11) is 1.87. The molecule has 0 aliphatic rings. The van der Waals surface area contributed by atoms with Crippen molar-refractivity contribution in [2.24, 2.45) is 0 Å². The second-order valence-corrected chi connectivity index (χ2v) is 4.38. The Hall–Kier alpha value is -2.07. The molecule has 0 amide bonds. The number of nitrogens with zero attached hydrogens (tertiary/aromatic N) is 1. The molecule has 0 bridgehead atoms. The van der Waals surface area contributed by atoms with Gasteiger partial charge >= 0.3 is 0 Å². The molecule has 1 aromatic heterocycles. The maximum absolute atomic E-state index is 5.83. The largest absolute Gasteiger partial charge is 0.470 e. The number of hydrogen-bond acceptors (Lipinski definition) is 4. The van der Waals surface area contributed by atoms with Gasteiger partial charge in [-0.05, 0) is 31.2 Å². The van der Waals surface area contributed by atoms with Crippen molar-refractivity contribution in [3.63, 3.8) is 0 Å². The molecule has 0 aliphatic heterocycles. The zero-order valence-electron chi connectivity index (χ0n) is 11.9. The van der Waals surface area contributed by atoms with Gasteiger partial charge in [-0.3, -0.25) is 5.32 Å². The molecular formula is C16H20N2O2. The molecule has 1 atom stereocenters. The summed E-state index contributed by atoms with van der Waals surface area (Å²) < 4.78 is 11.6. The minimum absolute atomic E-state index is 0.0433. The van der Waals surface area contributed by atoms with E-state index in [4.69, 9.17) is 9.47 Å². The van der Waals surface area contributed by atoms with Crippen LogP contribution in [0.4, 0.5) is 0 Å². The third-order valence-corrected chi connectivity index (χ3v) is 2.92. The molecule has 106 valence electrons. The number of benzene rings is 1. The Kier molecular flexibility index (Phi) is 5.38. The molecule has 0 radical (unpaired) electrons. The zero-order valence-corrected chi connectivity index (χ0v) is 11.9. The highest BCUT2D eigenvalue weighted by molar-refractivity contribution is 5.33. The van der Waals surface area contributed by atoms with Crippen molar-refractivity contribution in [1.82, 2.24) is 10.3 Å². The summed E-state index contributed by atoms with van der Waals surface area (Å²) >= 11 is 0. The topological polar surface area (TPSA) is 43.4 Å². The third kappa shape index (κ3) is 3.96. The van der Waals surface area contributed by atoms with E-state index in [0.717, 1.165) is 12.0 Å². The summed E-state index contributed by atoms with van der Waals surface area (Å²) in [4.78, 5) is 4.24. The molecule has 2 rings (SSSR count). The lowest BCUT2D eigenvalue weighted by atomic mass is 10.2. The Labute approximate surface area is 119 Å². The summed E-state index contributed by atoms with van der Waals surface area (Å²) in [6.45, 7) is 2.53. The molecule has 2 aromatic rings. The molecule has 0 spiro atoms. The average Bonchev–Trinajstić information content (AvgIpc) is 2.52. The lowest BCUT2D eigenvalue weighted by molar-refractivity contribution is 0.156. The lowest BCUT2D eigenvalue weighted by Crippen LogP contribution is -2.30. The number of ether oxygens (including phenoxy) is 2. The summed E-state index contributed by atoms with van der Waals surface area (Å²) in [5, 5.41) is 3.10. The molecule has 0 saturated carbocycles. The number of nitrogens with one attached hydrogen (secondary N) is 1. The van der Waals surface area contributed by atoms with Gasteiger partial charge in [0.05, 0.1) is 0 Å². The molecule has 0 saturated heterocycles. The normalized spacial score (nSPS) is 11.9. The van der Waals surface area contributed by atoms with Gasteiger partial charge in [0.1, 0.15) is 12.8 Å². The molecule has 1 heterocycles. The van der Waals surface area contributed by atoms with Crippen LogP contribution in [0.25, 0.3) is 0 Å². The van der Waals surface area contributed by atoms with Gasteiger partial charge in [-0.2, -0.15) is 0 Å². The van der Waals surface area contributed by atoms with E-state index in [1.54, 1.807) is 6.20 Å². The highest BCUT2D eigenvalue weighted by atomic mass is 16.5. The van der Waals surface area contributed by atoms with Gasteiger partial charge in [0.25, 0.3) is 5.88 Å². The van der Waals surface area contributed by atoms with Crippen molar-refractivity contribution >= 4 is 0 Å². The molecule has 4 nitrogen and oxygen atoms in total. The van der Waals surface area contributed by atoms with Gasteiger partial charge in [0.2, 0.25) is 0 Å². The average molecular weight is 272 g/mol. The zero-order chi connectivity index (χ0) is 14.2. The Bertz CT molecular complexity index is 513. The van der Waals surface area contributed by atoms with Crippen LogP contribution in [0.15, 0.2) is 48.7 Å². The van der Waals surface area contributed by atoms with Crippen LogP contribution >= 0.6 is 0 Å². The quantitative estimate of drug-likeness (QED) is 0.787. The fourth-order valence-corrected chi connectivity index (χ4v) is 1.80. The molecule has 1 unspecified atom stereocenters. The standard InChI is InChI=1S/C16H20N2O2/c1-3-15(17-2)20-14-10-7-11-18-16(14)19-12-13-8-5-4-6-9-13/h4-11,15,17H,3,12H2,1-2H3. The van der Waals surface area contributed by atoms with Crippen molar-refractivity contribution in [1.29, 1.82) is 0 Å². The highest BCUT2D eigenvalue weighted by Gasteiger charge is 2.11. The van der Waals surface area contributed by atoms with E-state index < -0.39 is 0 Å². The first kappa shape index (κ1) is 14.3. The first-order chi connectivity index (χ1) is 9.83. The monoisotopic (exact) mass is 272 g/mol. The highest BCUT2D eigenvalue weighted by Crippen LogP contribution is 2.25. The summed E-state index contributed by atoms with van der Waals surface area (Å²) in [5.74, 6) is 1.18. The number of aromatic nitrogens is 1. The SMILES string of the molecule is CCC(NC)Oc1cccnc1OCc1ccccc1. The van der Waals surface area contributed by atoms with E-state index in [2.05, 4.69) is 17.2 Å². The van der Waals surface area contributed by atoms with Crippen LogP contribution in [0.5, 0.6) is 11.6 Å². The maximum atomic E-state index is 5.83. The van der Waals surface area contributed by atoms with Crippen LogP contribution in [-0.4, -0.2) is 18.3 Å². The number of hydrogen-bond donors (Lipinski definition) is 1. The van der Waals surface area contributed by atoms with Crippen LogP contribution in [0.3, 0.4) is 0 Å². The van der Waals surface area contributed by atoms with Gasteiger partial charge in [0, 0.05) is 6.20 Å². The van der Waals surface area contributed by atoms with Crippen LogP contribution in [0, 0.1) is 0 Å². The van der Waals surface area contributed by atoms with E-state index in [-0.39, 0.29) is 6.23 Å². The Balaban J connectivity index is 2.04. The van der Waals surface area contributed by atoms with E-state index in [0.29, 0.717) is 18.2 Å². The molecule has 4 heteroatoms. The summed E-state index contributed by atoms with van der Waals surface area (Å²) in [6.07, 6.45) is 2.52. The Morgan fingerprint density at radius 2 is 1.95 bits per heavy atom. The van der Waals surface area contributed by atoms with Crippen molar-refractivity contribution < 1.29 is 9.47 Å². The minimum atomic E-state index is -0.0433.